The molecule has 3 aromatic carbocycles. The molecule has 1 unspecified atom stereocenters. The van der Waals surface area contributed by atoms with E-state index in [1.54, 1.807) is 42.5 Å². The standard InChI is InChI=1S/C23H19NO5/c1-15-12-13-18(14-16(15)2)21(25)22(17-8-4-3-5-9-17)29-23(26)19-10-6-7-11-20(19)24(27)28/h3-14,22H,1-2H3. The number of nitro benzene ring substituents is 1. The third-order valence-corrected chi connectivity index (χ3v) is 4.68. The van der Waals surface area contributed by atoms with Gasteiger partial charge in [0.15, 0.2) is 6.10 Å². The van der Waals surface area contributed by atoms with Crippen LogP contribution in [0.2, 0.25) is 0 Å². The van der Waals surface area contributed by atoms with E-state index in [9.17, 15) is 19.7 Å². The number of para-hydroxylation sites is 1. The Bertz CT molecular complexity index is 1080. The van der Waals surface area contributed by atoms with Crippen molar-refractivity contribution in [1.82, 2.24) is 0 Å². The largest absolute Gasteiger partial charge is 0.445 e. The molecule has 0 N–H and O–H groups in total. The van der Waals surface area contributed by atoms with E-state index in [4.69, 9.17) is 4.74 Å². The molecule has 1 atom stereocenters. The fourth-order valence-corrected chi connectivity index (χ4v) is 2.92. The van der Waals surface area contributed by atoms with E-state index in [-0.39, 0.29) is 11.3 Å². The number of ether oxygens (including phenoxy) is 1. The van der Waals surface area contributed by atoms with E-state index >= 15 is 0 Å². The molecule has 0 aliphatic carbocycles. The number of benzene rings is 3. The zero-order chi connectivity index (χ0) is 21.0. The molecule has 3 rings (SSSR count). The van der Waals surface area contributed by atoms with Crippen LogP contribution in [0.25, 0.3) is 0 Å². The molecule has 0 saturated carbocycles. The Hall–Kier alpha value is -3.80. The lowest BCUT2D eigenvalue weighted by atomic mass is 9.97. The second-order valence-corrected chi connectivity index (χ2v) is 6.63. The zero-order valence-electron chi connectivity index (χ0n) is 16.0. The maximum Gasteiger partial charge on any atom is 0.346 e. The van der Waals surface area contributed by atoms with Crippen LogP contribution in [-0.2, 0) is 4.74 Å². The second kappa shape index (κ2) is 8.48. The highest BCUT2D eigenvalue weighted by Gasteiger charge is 2.29. The molecular weight excluding hydrogens is 370 g/mol. The van der Waals surface area contributed by atoms with Crippen LogP contribution in [-0.4, -0.2) is 16.7 Å². The topological polar surface area (TPSA) is 86.5 Å². The lowest BCUT2D eigenvalue weighted by Gasteiger charge is -2.18. The second-order valence-electron chi connectivity index (χ2n) is 6.63. The third kappa shape index (κ3) is 4.38. The summed E-state index contributed by atoms with van der Waals surface area (Å²) in [7, 11) is 0. The van der Waals surface area contributed by atoms with Crippen molar-refractivity contribution in [2.75, 3.05) is 0 Å². The molecule has 0 radical (unpaired) electrons. The summed E-state index contributed by atoms with van der Waals surface area (Å²) in [5.74, 6) is -1.32. The van der Waals surface area contributed by atoms with Crippen LogP contribution in [0.5, 0.6) is 0 Å². The molecule has 0 aliphatic heterocycles. The molecule has 0 heterocycles. The van der Waals surface area contributed by atoms with Gasteiger partial charge in [-0.2, -0.15) is 0 Å². The van der Waals surface area contributed by atoms with Crippen LogP contribution in [0.15, 0.2) is 72.8 Å². The van der Waals surface area contributed by atoms with E-state index in [1.165, 1.54) is 24.3 Å². The summed E-state index contributed by atoms with van der Waals surface area (Å²) >= 11 is 0. The number of nitro groups is 1. The van der Waals surface area contributed by atoms with Gasteiger partial charge in [-0.05, 0) is 37.1 Å². The van der Waals surface area contributed by atoms with E-state index in [2.05, 4.69) is 0 Å². The van der Waals surface area contributed by atoms with Gasteiger partial charge in [-0.3, -0.25) is 14.9 Å². The van der Waals surface area contributed by atoms with Crippen molar-refractivity contribution in [1.29, 1.82) is 0 Å². The number of ketones is 1. The fraction of sp³-hybridized carbons (Fsp3) is 0.130. The minimum absolute atomic E-state index is 0.202. The Morgan fingerprint density at radius 1 is 0.897 bits per heavy atom. The van der Waals surface area contributed by atoms with Gasteiger partial charge in [0, 0.05) is 17.2 Å². The van der Waals surface area contributed by atoms with Gasteiger partial charge in [-0.1, -0.05) is 54.6 Å². The molecule has 146 valence electrons. The van der Waals surface area contributed by atoms with Gasteiger partial charge in [-0.25, -0.2) is 4.79 Å². The average Bonchev–Trinajstić information content (AvgIpc) is 2.74. The lowest BCUT2D eigenvalue weighted by molar-refractivity contribution is -0.385. The third-order valence-electron chi connectivity index (χ3n) is 4.68. The summed E-state index contributed by atoms with van der Waals surface area (Å²) in [5, 5.41) is 11.2. The van der Waals surface area contributed by atoms with Gasteiger partial charge < -0.3 is 4.74 Å². The van der Waals surface area contributed by atoms with Crippen molar-refractivity contribution >= 4 is 17.4 Å². The number of Topliss-reactive ketones (excluding diaryl/α,β-unsaturated/α-hetero) is 1. The van der Waals surface area contributed by atoms with Gasteiger partial charge in [-0.15, -0.1) is 0 Å². The molecule has 6 heteroatoms. The summed E-state index contributed by atoms with van der Waals surface area (Å²) in [6.07, 6.45) is -1.22. The Morgan fingerprint density at radius 2 is 1.55 bits per heavy atom. The number of hydrogen-bond donors (Lipinski definition) is 0. The number of carbonyl (C=O) groups excluding carboxylic acids is 2. The Balaban J connectivity index is 1.99. The van der Waals surface area contributed by atoms with Crippen LogP contribution >= 0.6 is 0 Å². The predicted molar refractivity (Wildman–Crippen MR) is 108 cm³/mol. The van der Waals surface area contributed by atoms with Crippen LogP contribution in [0.1, 0.15) is 43.5 Å². The highest BCUT2D eigenvalue weighted by molar-refractivity contribution is 6.03. The number of nitrogens with zero attached hydrogens (tertiary/aromatic N) is 1. The first-order chi connectivity index (χ1) is 13.9. The molecule has 0 bridgehead atoms. The normalized spacial score (nSPS) is 11.5. The first kappa shape index (κ1) is 19.9. The van der Waals surface area contributed by atoms with Gasteiger partial charge in [0.1, 0.15) is 5.56 Å². The van der Waals surface area contributed by atoms with E-state index < -0.39 is 22.8 Å². The number of rotatable bonds is 6. The first-order valence-electron chi connectivity index (χ1n) is 8.99. The summed E-state index contributed by atoms with van der Waals surface area (Å²) in [6, 6.07) is 19.3. The number of hydrogen-bond acceptors (Lipinski definition) is 5. The minimum atomic E-state index is -1.22. The zero-order valence-corrected chi connectivity index (χ0v) is 16.0. The molecule has 0 amide bonds. The Kier molecular flexibility index (Phi) is 5.83. The van der Waals surface area contributed by atoms with E-state index in [1.807, 2.05) is 19.9 Å². The molecule has 29 heavy (non-hydrogen) atoms. The fourth-order valence-electron chi connectivity index (χ4n) is 2.92. The van der Waals surface area contributed by atoms with Crippen molar-refractivity contribution in [3.05, 3.63) is 111 Å². The first-order valence-corrected chi connectivity index (χ1v) is 8.99. The molecule has 0 aromatic heterocycles. The minimum Gasteiger partial charge on any atom is -0.445 e. The molecule has 0 fully saturated rings. The smallest absolute Gasteiger partial charge is 0.346 e. The average molecular weight is 389 g/mol. The van der Waals surface area contributed by atoms with Gasteiger partial charge in [0.25, 0.3) is 5.69 Å². The molecular formula is C23H19NO5. The van der Waals surface area contributed by atoms with Crippen molar-refractivity contribution in [3.8, 4) is 0 Å². The van der Waals surface area contributed by atoms with E-state index in [0.29, 0.717) is 11.1 Å². The number of carbonyl (C=O) groups is 2. The van der Waals surface area contributed by atoms with Crippen molar-refractivity contribution in [2.24, 2.45) is 0 Å². The van der Waals surface area contributed by atoms with E-state index in [0.717, 1.165) is 11.1 Å². The monoisotopic (exact) mass is 389 g/mol. The predicted octanol–water partition coefficient (Wildman–Crippen LogP) is 4.99. The maximum absolute atomic E-state index is 13.2. The summed E-state index contributed by atoms with van der Waals surface area (Å²) in [6.45, 7) is 3.83. The van der Waals surface area contributed by atoms with Crippen LogP contribution in [0, 0.1) is 24.0 Å². The summed E-state index contributed by atoms with van der Waals surface area (Å²) in [4.78, 5) is 36.5. The summed E-state index contributed by atoms with van der Waals surface area (Å²) in [5.41, 5.74) is 2.29. The van der Waals surface area contributed by atoms with Gasteiger partial charge in [0.2, 0.25) is 5.78 Å². The molecule has 0 aliphatic rings. The number of aryl methyl sites for hydroxylation is 2. The lowest BCUT2D eigenvalue weighted by Crippen LogP contribution is -2.21. The SMILES string of the molecule is Cc1ccc(C(=O)C(OC(=O)c2ccccc2[N+](=O)[O-])c2ccccc2)cc1C. The van der Waals surface area contributed by atoms with Gasteiger partial charge in [0.05, 0.1) is 4.92 Å². The highest BCUT2D eigenvalue weighted by atomic mass is 16.6. The van der Waals surface area contributed by atoms with Crippen molar-refractivity contribution in [2.45, 2.75) is 20.0 Å². The molecule has 6 nitrogen and oxygen atoms in total. The van der Waals surface area contributed by atoms with Crippen LogP contribution in [0.3, 0.4) is 0 Å². The maximum atomic E-state index is 13.2. The highest BCUT2D eigenvalue weighted by Crippen LogP contribution is 2.27. The molecule has 0 saturated heterocycles. The number of esters is 1. The Labute approximate surface area is 167 Å². The Morgan fingerprint density at radius 3 is 2.21 bits per heavy atom. The van der Waals surface area contributed by atoms with Crippen LogP contribution < -0.4 is 0 Å². The quantitative estimate of drug-likeness (QED) is 0.256. The molecule has 0 spiro atoms. The summed E-state index contributed by atoms with van der Waals surface area (Å²) < 4.78 is 5.51. The molecule has 3 aromatic rings. The van der Waals surface area contributed by atoms with Crippen molar-refractivity contribution < 1.29 is 19.2 Å². The van der Waals surface area contributed by atoms with Crippen molar-refractivity contribution in [3.63, 3.8) is 0 Å². The van der Waals surface area contributed by atoms with Crippen LogP contribution in [0.4, 0.5) is 5.69 Å². The van der Waals surface area contributed by atoms with Gasteiger partial charge >= 0.3 is 5.97 Å².